The highest BCUT2D eigenvalue weighted by Gasteiger charge is 2.28. The van der Waals surface area contributed by atoms with Gasteiger partial charge in [0.1, 0.15) is 0 Å². The number of carbonyl (C=O) groups is 2. The number of quaternary nitrogens is 1. The van der Waals surface area contributed by atoms with E-state index in [9.17, 15) is 9.59 Å². The SMILES string of the molecule is CCC(CC)C(=O)NC(=O)N1CC[NH+](C(C)Cc2ccccc2)CC1.[Cl-]. The predicted molar refractivity (Wildman–Crippen MR) is 99.5 cm³/mol. The van der Waals surface area contributed by atoms with Crippen LogP contribution >= 0.6 is 0 Å². The van der Waals surface area contributed by atoms with Crippen LogP contribution in [0.2, 0.25) is 0 Å². The van der Waals surface area contributed by atoms with E-state index < -0.39 is 0 Å². The minimum absolute atomic E-state index is 0. The summed E-state index contributed by atoms with van der Waals surface area (Å²) in [4.78, 5) is 27.7. The maximum Gasteiger partial charge on any atom is 0.324 e. The summed E-state index contributed by atoms with van der Waals surface area (Å²) < 4.78 is 0. The lowest BCUT2D eigenvalue weighted by molar-refractivity contribution is -0.927. The first-order valence-electron chi connectivity index (χ1n) is 9.53. The smallest absolute Gasteiger partial charge is 0.324 e. The van der Waals surface area contributed by atoms with E-state index in [4.69, 9.17) is 0 Å². The van der Waals surface area contributed by atoms with Gasteiger partial charge in [-0.1, -0.05) is 44.2 Å². The van der Waals surface area contributed by atoms with Gasteiger partial charge in [0.05, 0.1) is 32.2 Å². The summed E-state index contributed by atoms with van der Waals surface area (Å²) >= 11 is 0. The molecule has 26 heavy (non-hydrogen) atoms. The number of rotatable bonds is 6. The highest BCUT2D eigenvalue weighted by atomic mass is 35.5. The van der Waals surface area contributed by atoms with E-state index in [1.165, 1.54) is 10.5 Å². The number of benzene rings is 1. The molecule has 146 valence electrons. The van der Waals surface area contributed by atoms with Crippen LogP contribution in [0, 0.1) is 5.92 Å². The van der Waals surface area contributed by atoms with E-state index in [2.05, 4.69) is 36.5 Å². The third-order valence-corrected chi connectivity index (χ3v) is 5.36. The van der Waals surface area contributed by atoms with Gasteiger partial charge >= 0.3 is 6.03 Å². The molecule has 1 aromatic carbocycles. The molecule has 1 aliphatic heterocycles. The Hall–Kier alpha value is -1.59. The van der Waals surface area contributed by atoms with Gasteiger partial charge in [-0.2, -0.15) is 0 Å². The topological polar surface area (TPSA) is 53.9 Å². The molecule has 1 heterocycles. The van der Waals surface area contributed by atoms with E-state index in [1.54, 1.807) is 4.90 Å². The molecule has 1 aliphatic rings. The minimum Gasteiger partial charge on any atom is -1.00 e. The van der Waals surface area contributed by atoms with Crippen LogP contribution in [0.1, 0.15) is 39.2 Å². The highest BCUT2D eigenvalue weighted by Crippen LogP contribution is 2.07. The van der Waals surface area contributed by atoms with Crippen molar-refractivity contribution in [1.82, 2.24) is 10.2 Å². The van der Waals surface area contributed by atoms with E-state index in [1.807, 2.05) is 19.9 Å². The van der Waals surface area contributed by atoms with Crippen molar-refractivity contribution in [3.63, 3.8) is 0 Å². The number of hydrogen-bond donors (Lipinski definition) is 2. The summed E-state index contributed by atoms with van der Waals surface area (Å²) in [5.41, 5.74) is 1.36. The van der Waals surface area contributed by atoms with Crippen LogP contribution in [0.15, 0.2) is 30.3 Å². The molecule has 0 aromatic heterocycles. The normalized spacial score (nSPS) is 16.1. The first-order valence-corrected chi connectivity index (χ1v) is 9.53. The van der Waals surface area contributed by atoms with Crippen molar-refractivity contribution in [2.24, 2.45) is 5.92 Å². The first kappa shape index (κ1) is 22.5. The summed E-state index contributed by atoms with van der Waals surface area (Å²) in [5.74, 6) is -0.205. The van der Waals surface area contributed by atoms with Crippen molar-refractivity contribution in [2.45, 2.75) is 46.1 Å². The molecule has 1 saturated heterocycles. The number of hydrogen-bond acceptors (Lipinski definition) is 2. The van der Waals surface area contributed by atoms with Gasteiger partial charge in [-0.15, -0.1) is 0 Å². The zero-order chi connectivity index (χ0) is 18.2. The van der Waals surface area contributed by atoms with Crippen molar-refractivity contribution in [3.8, 4) is 0 Å². The summed E-state index contributed by atoms with van der Waals surface area (Å²) in [6.07, 6.45) is 2.59. The summed E-state index contributed by atoms with van der Waals surface area (Å²) in [7, 11) is 0. The summed E-state index contributed by atoms with van der Waals surface area (Å²) in [5, 5.41) is 2.57. The molecular formula is C20H32ClN3O2. The molecule has 0 bridgehead atoms. The summed E-state index contributed by atoms with van der Waals surface area (Å²) in [6, 6.07) is 10.8. The Labute approximate surface area is 163 Å². The number of urea groups is 1. The zero-order valence-corrected chi connectivity index (χ0v) is 16.9. The average Bonchev–Trinajstić information content (AvgIpc) is 2.63. The molecule has 0 spiro atoms. The second-order valence-corrected chi connectivity index (χ2v) is 7.04. The number of nitrogens with one attached hydrogen (secondary N) is 2. The van der Waals surface area contributed by atoms with Gasteiger partial charge in [0.25, 0.3) is 0 Å². The van der Waals surface area contributed by atoms with Crippen LogP contribution in [0.25, 0.3) is 0 Å². The minimum atomic E-state index is -0.230. The third kappa shape index (κ3) is 6.29. The molecule has 0 radical (unpaired) electrons. The van der Waals surface area contributed by atoms with E-state index >= 15 is 0 Å². The van der Waals surface area contributed by atoms with Gasteiger partial charge in [0.15, 0.2) is 0 Å². The Morgan fingerprint density at radius 1 is 1.12 bits per heavy atom. The zero-order valence-electron chi connectivity index (χ0n) is 16.1. The molecule has 2 rings (SSSR count). The Morgan fingerprint density at radius 2 is 1.69 bits per heavy atom. The van der Waals surface area contributed by atoms with Crippen molar-refractivity contribution >= 4 is 11.9 Å². The predicted octanol–water partition coefficient (Wildman–Crippen LogP) is -1.51. The summed E-state index contributed by atoms with van der Waals surface area (Å²) in [6.45, 7) is 9.51. The molecule has 1 atom stereocenters. The third-order valence-electron chi connectivity index (χ3n) is 5.36. The number of piperazine rings is 1. The Kier molecular flexibility index (Phi) is 9.66. The van der Waals surface area contributed by atoms with Gasteiger partial charge < -0.3 is 22.2 Å². The molecule has 1 aromatic rings. The van der Waals surface area contributed by atoms with Crippen molar-refractivity contribution in [2.75, 3.05) is 26.2 Å². The molecule has 0 aliphatic carbocycles. The molecule has 0 saturated carbocycles. The lowest BCUT2D eigenvalue weighted by atomic mass is 10.0. The van der Waals surface area contributed by atoms with Crippen LogP contribution in [0.4, 0.5) is 4.79 Å². The van der Waals surface area contributed by atoms with E-state index in [0.717, 1.165) is 32.4 Å². The number of halogens is 1. The number of imide groups is 1. The maximum absolute atomic E-state index is 12.3. The van der Waals surface area contributed by atoms with Crippen LogP contribution in [-0.2, 0) is 11.2 Å². The van der Waals surface area contributed by atoms with Gasteiger partial charge in [-0.25, -0.2) is 4.79 Å². The Morgan fingerprint density at radius 3 is 2.23 bits per heavy atom. The average molecular weight is 382 g/mol. The molecular weight excluding hydrogens is 350 g/mol. The molecule has 2 N–H and O–H groups in total. The van der Waals surface area contributed by atoms with Gasteiger partial charge in [-0.05, 0) is 25.3 Å². The van der Waals surface area contributed by atoms with Gasteiger partial charge in [0.2, 0.25) is 5.91 Å². The van der Waals surface area contributed by atoms with E-state index in [-0.39, 0.29) is 30.3 Å². The van der Waals surface area contributed by atoms with Crippen LogP contribution in [0.3, 0.4) is 0 Å². The molecule has 6 heteroatoms. The van der Waals surface area contributed by atoms with Crippen LogP contribution in [0.5, 0.6) is 0 Å². The molecule has 3 amide bonds. The van der Waals surface area contributed by atoms with Crippen LogP contribution in [-0.4, -0.2) is 49.1 Å². The molecule has 1 unspecified atom stereocenters. The lowest BCUT2D eigenvalue weighted by Crippen LogP contribution is -3.18. The fourth-order valence-corrected chi connectivity index (χ4v) is 3.55. The fourth-order valence-electron chi connectivity index (χ4n) is 3.55. The molecule has 1 fully saturated rings. The first-order chi connectivity index (χ1) is 12.0. The highest BCUT2D eigenvalue weighted by molar-refractivity contribution is 5.95. The number of amides is 3. The standard InChI is InChI=1S/C20H31N3O2.ClH/c1-4-18(5-2)19(24)21-20(25)23-13-11-22(12-14-23)16(3)15-17-9-7-6-8-10-17;/h6-10,16,18H,4-5,11-15H2,1-3H3,(H,21,24,25);1H. The Bertz CT molecular complexity index is 555. The quantitative estimate of drug-likeness (QED) is 0.630. The largest absolute Gasteiger partial charge is 1.00 e. The number of nitrogens with zero attached hydrogens (tertiary/aromatic N) is 1. The van der Waals surface area contributed by atoms with Gasteiger partial charge in [0, 0.05) is 12.3 Å². The van der Waals surface area contributed by atoms with E-state index in [0.29, 0.717) is 19.1 Å². The van der Waals surface area contributed by atoms with Crippen molar-refractivity contribution in [1.29, 1.82) is 0 Å². The Balaban J connectivity index is 0.00000338. The monoisotopic (exact) mass is 381 g/mol. The second-order valence-electron chi connectivity index (χ2n) is 7.04. The second kappa shape index (κ2) is 11.2. The van der Waals surface area contributed by atoms with Crippen molar-refractivity contribution in [3.05, 3.63) is 35.9 Å². The molecule has 5 nitrogen and oxygen atoms in total. The van der Waals surface area contributed by atoms with Crippen LogP contribution < -0.4 is 22.6 Å². The van der Waals surface area contributed by atoms with Crippen molar-refractivity contribution < 1.29 is 26.9 Å². The van der Waals surface area contributed by atoms with Gasteiger partial charge in [-0.3, -0.25) is 10.1 Å². The lowest BCUT2D eigenvalue weighted by Gasteiger charge is -2.35. The fraction of sp³-hybridized carbons (Fsp3) is 0.600. The maximum atomic E-state index is 12.3. The number of carbonyl (C=O) groups excluding carboxylic acids is 2.